The summed E-state index contributed by atoms with van der Waals surface area (Å²) < 4.78 is 0. The molecular weight excluding hydrogens is 228 g/mol. The summed E-state index contributed by atoms with van der Waals surface area (Å²) in [5.41, 5.74) is 6.79. The van der Waals surface area contributed by atoms with Gasteiger partial charge in [-0.1, -0.05) is 17.7 Å². The average molecular weight is 241 g/mol. The molecule has 0 bridgehead atoms. The number of rotatable bonds is 4. The van der Waals surface area contributed by atoms with E-state index in [2.05, 4.69) is 0 Å². The number of nitrogens with zero attached hydrogens (tertiary/aromatic N) is 1. The predicted molar refractivity (Wildman–Crippen MR) is 62.5 cm³/mol. The molecule has 0 radical (unpaired) electrons. The summed E-state index contributed by atoms with van der Waals surface area (Å²) >= 11 is 5.75. The van der Waals surface area contributed by atoms with E-state index < -0.39 is 4.92 Å². The maximum atomic E-state index is 10.7. The highest BCUT2D eigenvalue weighted by Crippen LogP contribution is 2.47. The van der Waals surface area contributed by atoms with Crippen molar-refractivity contribution in [1.82, 2.24) is 0 Å². The number of hydrogen-bond donors (Lipinski definition) is 1. The monoisotopic (exact) mass is 240 g/mol. The summed E-state index contributed by atoms with van der Waals surface area (Å²) in [7, 11) is 0. The third-order valence-corrected chi connectivity index (χ3v) is 3.50. The molecule has 2 N–H and O–H groups in total. The third kappa shape index (κ3) is 2.18. The quantitative estimate of drug-likeness (QED) is 0.650. The Morgan fingerprint density at radius 2 is 2.19 bits per heavy atom. The minimum atomic E-state index is -0.451. The maximum absolute atomic E-state index is 10.7. The van der Waals surface area contributed by atoms with Crippen LogP contribution in [-0.4, -0.2) is 11.5 Å². The van der Waals surface area contributed by atoms with Gasteiger partial charge in [-0.15, -0.1) is 0 Å². The molecule has 0 amide bonds. The molecule has 0 unspecified atom stereocenters. The Labute approximate surface area is 98.5 Å². The van der Waals surface area contributed by atoms with Crippen molar-refractivity contribution in [1.29, 1.82) is 0 Å². The van der Waals surface area contributed by atoms with Gasteiger partial charge in [-0.3, -0.25) is 10.1 Å². The van der Waals surface area contributed by atoms with Crippen LogP contribution in [-0.2, 0) is 6.42 Å². The van der Waals surface area contributed by atoms with Gasteiger partial charge in [0, 0.05) is 6.07 Å². The van der Waals surface area contributed by atoms with E-state index >= 15 is 0 Å². The first-order valence-electron chi connectivity index (χ1n) is 5.19. The van der Waals surface area contributed by atoms with Crippen molar-refractivity contribution >= 4 is 17.3 Å². The number of nitro groups is 1. The van der Waals surface area contributed by atoms with Crippen LogP contribution in [0.1, 0.15) is 18.4 Å². The highest BCUT2D eigenvalue weighted by atomic mass is 35.5. The van der Waals surface area contributed by atoms with Crippen molar-refractivity contribution in [3.63, 3.8) is 0 Å². The smallest absolute Gasteiger partial charge is 0.288 e. The lowest BCUT2D eigenvalue weighted by Gasteiger charge is -2.11. The van der Waals surface area contributed by atoms with Crippen molar-refractivity contribution < 1.29 is 4.92 Å². The van der Waals surface area contributed by atoms with Crippen molar-refractivity contribution in [2.45, 2.75) is 19.3 Å². The fraction of sp³-hybridized carbons (Fsp3) is 0.455. The zero-order valence-electron chi connectivity index (χ0n) is 8.78. The summed E-state index contributed by atoms with van der Waals surface area (Å²) in [5.74, 6) is 0. The topological polar surface area (TPSA) is 69.2 Å². The molecule has 0 spiro atoms. The van der Waals surface area contributed by atoms with Gasteiger partial charge in [0.25, 0.3) is 5.69 Å². The Balaban J connectivity index is 2.23. The largest absolute Gasteiger partial charge is 0.330 e. The molecule has 0 heterocycles. The lowest BCUT2D eigenvalue weighted by Crippen LogP contribution is -2.17. The van der Waals surface area contributed by atoms with Gasteiger partial charge in [-0.2, -0.15) is 0 Å². The third-order valence-electron chi connectivity index (χ3n) is 3.18. The fourth-order valence-corrected chi connectivity index (χ4v) is 2.06. The van der Waals surface area contributed by atoms with Crippen LogP contribution in [0.25, 0.3) is 0 Å². The van der Waals surface area contributed by atoms with Gasteiger partial charge in [0.05, 0.1) is 4.92 Å². The van der Waals surface area contributed by atoms with E-state index in [4.69, 9.17) is 17.3 Å². The molecule has 0 aliphatic heterocycles. The highest BCUT2D eigenvalue weighted by molar-refractivity contribution is 6.32. The fourth-order valence-electron chi connectivity index (χ4n) is 1.87. The van der Waals surface area contributed by atoms with E-state index in [1.807, 2.05) is 6.07 Å². The molecule has 1 aromatic carbocycles. The average Bonchev–Trinajstić information content (AvgIpc) is 3.01. The van der Waals surface area contributed by atoms with Crippen LogP contribution in [0.3, 0.4) is 0 Å². The van der Waals surface area contributed by atoms with E-state index in [0.29, 0.717) is 6.54 Å². The summed E-state index contributed by atoms with van der Waals surface area (Å²) in [6.07, 6.45) is 3.03. The number of nitrogens with two attached hydrogens (primary N) is 1. The van der Waals surface area contributed by atoms with E-state index in [0.717, 1.165) is 24.8 Å². The molecular formula is C11H13ClN2O2. The van der Waals surface area contributed by atoms with Crippen LogP contribution in [0.15, 0.2) is 18.2 Å². The van der Waals surface area contributed by atoms with Gasteiger partial charge in [0.15, 0.2) is 0 Å². The molecule has 2 rings (SSSR count). The van der Waals surface area contributed by atoms with Crippen molar-refractivity contribution in [3.8, 4) is 0 Å². The number of benzene rings is 1. The Hall–Kier alpha value is -1.13. The Morgan fingerprint density at radius 1 is 1.50 bits per heavy atom. The van der Waals surface area contributed by atoms with Crippen molar-refractivity contribution in [3.05, 3.63) is 38.9 Å². The summed E-state index contributed by atoms with van der Waals surface area (Å²) in [5, 5.41) is 10.9. The molecule has 1 saturated carbocycles. The normalized spacial score (nSPS) is 17.1. The van der Waals surface area contributed by atoms with Gasteiger partial charge >= 0.3 is 0 Å². The molecule has 16 heavy (non-hydrogen) atoms. The Kier molecular flexibility index (Phi) is 2.86. The zero-order chi connectivity index (χ0) is 11.8. The maximum Gasteiger partial charge on any atom is 0.288 e. The molecule has 1 aliphatic rings. The molecule has 86 valence electrons. The lowest BCUT2D eigenvalue weighted by atomic mass is 9.96. The van der Waals surface area contributed by atoms with Crippen molar-refractivity contribution in [2.75, 3.05) is 6.54 Å². The summed E-state index contributed by atoms with van der Waals surface area (Å²) in [6, 6.07) is 4.98. The molecule has 0 atom stereocenters. The first-order chi connectivity index (χ1) is 7.56. The van der Waals surface area contributed by atoms with E-state index in [1.54, 1.807) is 12.1 Å². The Bertz CT molecular complexity index is 430. The second kappa shape index (κ2) is 4.03. The zero-order valence-corrected chi connectivity index (χ0v) is 9.54. The molecule has 4 nitrogen and oxygen atoms in total. The van der Waals surface area contributed by atoms with E-state index in [1.165, 1.54) is 0 Å². The van der Waals surface area contributed by atoms with E-state index in [9.17, 15) is 10.1 Å². The van der Waals surface area contributed by atoms with Gasteiger partial charge in [0.1, 0.15) is 5.02 Å². The molecule has 0 aromatic heterocycles. The van der Waals surface area contributed by atoms with Crippen LogP contribution < -0.4 is 5.73 Å². The molecule has 5 heteroatoms. The molecule has 1 aromatic rings. The first-order valence-corrected chi connectivity index (χ1v) is 5.57. The number of halogens is 1. The summed E-state index contributed by atoms with van der Waals surface area (Å²) in [6.45, 7) is 0.642. The van der Waals surface area contributed by atoms with Crippen LogP contribution in [0, 0.1) is 15.5 Å². The van der Waals surface area contributed by atoms with E-state index in [-0.39, 0.29) is 16.1 Å². The van der Waals surface area contributed by atoms with Crippen LogP contribution in [0.4, 0.5) is 5.69 Å². The van der Waals surface area contributed by atoms with Gasteiger partial charge < -0.3 is 5.73 Å². The van der Waals surface area contributed by atoms with Gasteiger partial charge in [-0.05, 0) is 42.9 Å². The number of hydrogen-bond acceptors (Lipinski definition) is 3. The predicted octanol–water partition coefficient (Wildman–Crippen LogP) is 2.53. The van der Waals surface area contributed by atoms with Crippen LogP contribution >= 0.6 is 11.6 Å². The Morgan fingerprint density at radius 3 is 2.69 bits per heavy atom. The highest BCUT2D eigenvalue weighted by Gasteiger charge is 2.41. The second-order valence-corrected chi connectivity index (χ2v) is 4.83. The molecule has 1 fully saturated rings. The lowest BCUT2D eigenvalue weighted by molar-refractivity contribution is -0.384. The number of nitro benzene ring substituents is 1. The summed E-state index contributed by atoms with van der Waals surface area (Å²) in [4.78, 5) is 10.3. The van der Waals surface area contributed by atoms with Gasteiger partial charge in [0.2, 0.25) is 0 Å². The first kappa shape index (κ1) is 11.4. The molecule has 0 saturated heterocycles. The van der Waals surface area contributed by atoms with Crippen molar-refractivity contribution in [2.24, 2.45) is 11.1 Å². The van der Waals surface area contributed by atoms with Crippen LogP contribution in [0.5, 0.6) is 0 Å². The molecule has 1 aliphatic carbocycles. The standard InChI is InChI=1S/C11H13ClN2O2/c12-9-2-1-8(5-10(9)14(15)16)6-11(7-13)3-4-11/h1-2,5H,3-4,6-7,13H2. The minimum Gasteiger partial charge on any atom is -0.330 e. The van der Waals surface area contributed by atoms with Gasteiger partial charge in [-0.25, -0.2) is 0 Å². The van der Waals surface area contributed by atoms with Crippen LogP contribution in [0.2, 0.25) is 5.02 Å². The second-order valence-electron chi connectivity index (χ2n) is 4.42. The SMILES string of the molecule is NCC1(Cc2ccc(Cl)c([N+](=O)[O-])c2)CC1. The minimum absolute atomic E-state index is 0.0213.